The molecule has 5 heteroatoms. The summed E-state index contributed by atoms with van der Waals surface area (Å²) in [5.74, 6) is -0.0848. The Kier molecular flexibility index (Phi) is 3.58. The van der Waals surface area contributed by atoms with Crippen LogP contribution in [0.1, 0.15) is 17.4 Å². The van der Waals surface area contributed by atoms with E-state index in [0.29, 0.717) is 5.69 Å². The zero-order valence-corrected chi connectivity index (χ0v) is 9.98. The third-order valence-electron chi connectivity index (χ3n) is 3.11. The van der Waals surface area contributed by atoms with E-state index in [9.17, 15) is 9.59 Å². The molecule has 1 N–H and O–H groups in total. The van der Waals surface area contributed by atoms with E-state index in [4.69, 9.17) is 0 Å². The number of nitrogens with zero attached hydrogens (tertiary/aromatic N) is 2. The molecular weight excluding hydrogens is 218 g/mol. The summed E-state index contributed by atoms with van der Waals surface area (Å²) in [7, 11) is 0. The molecule has 0 aliphatic carbocycles. The number of rotatable bonds is 2. The molecule has 1 aliphatic rings. The van der Waals surface area contributed by atoms with Crippen LogP contribution >= 0.6 is 0 Å². The quantitative estimate of drug-likeness (QED) is 0.794. The van der Waals surface area contributed by atoms with Crippen molar-refractivity contribution in [3.05, 3.63) is 34.2 Å². The van der Waals surface area contributed by atoms with Gasteiger partial charge in [0.2, 0.25) is 0 Å². The summed E-state index contributed by atoms with van der Waals surface area (Å²) in [4.78, 5) is 30.2. The van der Waals surface area contributed by atoms with Gasteiger partial charge in [-0.25, -0.2) is 0 Å². The van der Waals surface area contributed by atoms with Crippen molar-refractivity contribution in [3.8, 4) is 0 Å². The van der Waals surface area contributed by atoms with Crippen molar-refractivity contribution in [2.45, 2.75) is 6.92 Å². The van der Waals surface area contributed by atoms with Gasteiger partial charge in [0.1, 0.15) is 5.69 Å². The van der Waals surface area contributed by atoms with Gasteiger partial charge in [-0.2, -0.15) is 0 Å². The van der Waals surface area contributed by atoms with Gasteiger partial charge in [0, 0.05) is 44.5 Å². The summed E-state index contributed by atoms with van der Waals surface area (Å²) in [6.45, 7) is 6.39. The number of amides is 1. The number of pyridine rings is 1. The van der Waals surface area contributed by atoms with Gasteiger partial charge < -0.3 is 14.8 Å². The van der Waals surface area contributed by atoms with Crippen LogP contribution in [0.4, 0.5) is 0 Å². The number of carbonyl (C=O) groups excluding carboxylic acids is 1. The first kappa shape index (κ1) is 11.9. The van der Waals surface area contributed by atoms with Crippen LogP contribution in [-0.2, 0) is 0 Å². The Morgan fingerprint density at radius 2 is 2.06 bits per heavy atom. The van der Waals surface area contributed by atoms with E-state index in [-0.39, 0.29) is 11.3 Å². The minimum absolute atomic E-state index is 0.0848. The Labute approximate surface area is 100 Å². The molecule has 2 heterocycles. The molecule has 0 bridgehead atoms. The standard InChI is InChI=1S/C12H17N3O2/c1-2-14-5-7-15(8-6-14)12(17)11-9-10(16)3-4-13-11/h3-4,9H,2,5-8H2,1H3,(H,13,16). The van der Waals surface area contributed by atoms with E-state index < -0.39 is 0 Å². The molecule has 1 fully saturated rings. The van der Waals surface area contributed by atoms with E-state index in [1.54, 1.807) is 4.90 Å². The zero-order chi connectivity index (χ0) is 12.3. The third-order valence-corrected chi connectivity index (χ3v) is 3.11. The maximum atomic E-state index is 12.1. The maximum Gasteiger partial charge on any atom is 0.270 e. The van der Waals surface area contributed by atoms with Crippen molar-refractivity contribution >= 4 is 5.91 Å². The second kappa shape index (κ2) is 5.14. The van der Waals surface area contributed by atoms with Crippen LogP contribution in [0.15, 0.2) is 23.1 Å². The summed E-state index contributed by atoms with van der Waals surface area (Å²) in [5, 5.41) is 0. The van der Waals surface area contributed by atoms with E-state index in [1.807, 2.05) is 0 Å². The number of hydrogen-bond acceptors (Lipinski definition) is 3. The molecule has 0 unspecified atom stereocenters. The van der Waals surface area contributed by atoms with Gasteiger partial charge in [-0.15, -0.1) is 0 Å². The summed E-state index contributed by atoms with van der Waals surface area (Å²) in [6.07, 6.45) is 1.51. The van der Waals surface area contributed by atoms with Crippen LogP contribution < -0.4 is 5.43 Å². The largest absolute Gasteiger partial charge is 0.357 e. The molecule has 92 valence electrons. The number of likely N-dealkylation sites (N-methyl/N-ethyl adjacent to an activating group) is 1. The zero-order valence-electron chi connectivity index (χ0n) is 9.98. The summed E-state index contributed by atoms with van der Waals surface area (Å²) < 4.78 is 0. The fourth-order valence-corrected chi connectivity index (χ4v) is 2.01. The molecule has 0 saturated carbocycles. The fraction of sp³-hybridized carbons (Fsp3) is 0.500. The Morgan fingerprint density at radius 1 is 1.35 bits per heavy atom. The van der Waals surface area contributed by atoms with Crippen LogP contribution in [0, 0.1) is 0 Å². The average molecular weight is 235 g/mol. The fourth-order valence-electron chi connectivity index (χ4n) is 2.01. The van der Waals surface area contributed by atoms with Gasteiger partial charge in [-0.3, -0.25) is 9.59 Å². The number of H-pyrrole nitrogens is 1. The van der Waals surface area contributed by atoms with Crippen LogP contribution in [0.3, 0.4) is 0 Å². The summed E-state index contributed by atoms with van der Waals surface area (Å²) in [5.41, 5.74) is 0.238. The number of piperazine rings is 1. The highest BCUT2D eigenvalue weighted by Gasteiger charge is 2.21. The molecule has 0 atom stereocenters. The lowest BCUT2D eigenvalue weighted by Gasteiger charge is -2.33. The van der Waals surface area contributed by atoms with E-state index in [1.165, 1.54) is 18.3 Å². The van der Waals surface area contributed by atoms with Crippen molar-refractivity contribution in [1.82, 2.24) is 14.8 Å². The Bertz CT molecular complexity index is 447. The SMILES string of the molecule is CCN1CCN(C(=O)c2cc(=O)cc[nH]2)CC1. The smallest absolute Gasteiger partial charge is 0.270 e. The van der Waals surface area contributed by atoms with Crippen molar-refractivity contribution in [2.24, 2.45) is 0 Å². The molecule has 1 aromatic rings. The molecule has 1 aliphatic heterocycles. The van der Waals surface area contributed by atoms with Gasteiger partial charge in [0.05, 0.1) is 0 Å². The minimum Gasteiger partial charge on any atom is -0.357 e. The topological polar surface area (TPSA) is 56.4 Å². The van der Waals surface area contributed by atoms with Crippen LogP contribution in [0.2, 0.25) is 0 Å². The van der Waals surface area contributed by atoms with Gasteiger partial charge in [-0.05, 0) is 6.54 Å². The molecule has 1 amide bonds. The molecule has 5 nitrogen and oxygen atoms in total. The minimum atomic E-state index is -0.140. The first-order valence-electron chi connectivity index (χ1n) is 5.91. The predicted molar refractivity (Wildman–Crippen MR) is 65.1 cm³/mol. The van der Waals surface area contributed by atoms with Crippen molar-refractivity contribution < 1.29 is 4.79 Å². The van der Waals surface area contributed by atoms with Crippen molar-refractivity contribution in [1.29, 1.82) is 0 Å². The van der Waals surface area contributed by atoms with Crippen molar-refractivity contribution in [3.63, 3.8) is 0 Å². The van der Waals surface area contributed by atoms with Crippen LogP contribution in [0.25, 0.3) is 0 Å². The second-order valence-electron chi connectivity index (χ2n) is 4.16. The molecule has 17 heavy (non-hydrogen) atoms. The van der Waals surface area contributed by atoms with E-state index >= 15 is 0 Å². The monoisotopic (exact) mass is 235 g/mol. The molecule has 0 aromatic carbocycles. The van der Waals surface area contributed by atoms with E-state index in [2.05, 4.69) is 16.8 Å². The van der Waals surface area contributed by atoms with Crippen LogP contribution in [-0.4, -0.2) is 53.4 Å². The highest BCUT2D eigenvalue weighted by atomic mass is 16.2. The van der Waals surface area contributed by atoms with Gasteiger partial charge in [0.15, 0.2) is 5.43 Å². The molecule has 1 saturated heterocycles. The van der Waals surface area contributed by atoms with Crippen molar-refractivity contribution in [2.75, 3.05) is 32.7 Å². The van der Waals surface area contributed by atoms with Gasteiger partial charge >= 0.3 is 0 Å². The second-order valence-corrected chi connectivity index (χ2v) is 4.16. The molecule has 0 spiro atoms. The lowest BCUT2D eigenvalue weighted by Crippen LogP contribution is -2.48. The van der Waals surface area contributed by atoms with Gasteiger partial charge in [0.25, 0.3) is 5.91 Å². The predicted octanol–water partition coefficient (Wildman–Crippen LogP) is 0.153. The highest BCUT2D eigenvalue weighted by Crippen LogP contribution is 2.05. The number of carbonyl (C=O) groups is 1. The normalized spacial score (nSPS) is 17.1. The van der Waals surface area contributed by atoms with Crippen LogP contribution in [0.5, 0.6) is 0 Å². The molecule has 2 rings (SSSR count). The maximum absolute atomic E-state index is 12.1. The lowest BCUT2D eigenvalue weighted by atomic mass is 10.2. The summed E-state index contributed by atoms with van der Waals surface area (Å²) >= 11 is 0. The number of hydrogen-bond donors (Lipinski definition) is 1. The number of aromatic amines is 1. The Balaban J connectivity index is 2.04. The Morgan fingerprint density at radius 3 is 2.65 bits per heavy atom. The first-order valence-corrected chi connectivity index (χ1v) is 5.91. The average Bonchev–Trinajstić information content (AvgIpc) is 2.38. The van der Waals surface area contributed by atoms with Gasteiger partial charge in [-0.1, -0.05) is 6.92 Å². The Hall–Kier alpha value is -1.62. The third kappa shape index (κ3) is 2.74. The summed E-state index contributed by atoms with van der Waals surface area (Å²) in [6, 6.07) is 2.76. The van der Waals surface area contributed by atoms with E-state index in [0.717, 1.165) is 32.7 Å². The highest BCUT2D eigenvalue weighted by molar-refractivity contribution is 5.92. The molecule has 1 aromatic heterocycles. The number of aromatic nitrogens is 1. The first-order chi connectivity index (χ1) is 8.20. The molecule has 0 radical (unpaired) electrons. The lowest BCUT2D eigenvalue weighted by molar-refractivity contribution is 0.0637. The molecular formula is C12H17N3O2. The number of nitrogens with one attached hydrogen (secondary N) is 1.